The van der Waals surface area contributed by atoms with E-state index in [1.165, 1.54) is 0 Å². The van der Waals surface area contributed by atoms with Gasteiger partial charge in [0.2, 0.25) is 0 Å². The zero-order valence-electron chi connectivity index (χ0n) is 9.62. The monoisotopic (exact) mass is 346 g/mol. The van der Waals surface area contributed by atoms with E-state index in [2.05, 4.69) is 26.2 Å². The molecule has 104 valence electrons. The summed E-state index contributed by atoms with van der Waals surface area (Å²) < 4.78 is 39.9. The van der Waals surface area contributed by atoms with Crippen LogP contribution in [0, 0.1) is 17.5 Å². The number of pyridine rings is 1. The smallest absolute Gasteiger partial charge is 0.337 e. The van der Waals surface area contributed by atoms with Gasteiger partial charge in [-0.15, -0.1) is 0 Å². The summed E-state index contributed by atoms with van der Waals surface area (Å²) >= 11 is 2.98. The molecule has 0 spiro atoms. The van der Waals surface area contributed by atoms with E-state index >= 15 is 0 Å². The SMILES string of the molecule is O=C(O)c1ccc(F)c(F)c1Nc1ncc(F)cc1Br. The first-order valence-electron chi connectivity index (χ1n) is 5.19. The Labute approximate surface area is 119 Å². The molecular weight excluding hydrogens is 341 g/mol. The van der Waals surface area contributed by atoms with Crippen molar-refractivity contribution in [1.82, 2.24) is 4.98 Å². The molecule has 8 heteroatoms. The summed E-state index contributed by atoms with van der Waals surface area (Å²) in [6, 6.07) is 2.67. The van der Waals surface area contributed by atoms with Crippen LogP contribution >= 0.6 is 15.9 Å². The van der Waals surface area contributed by atoms with Crippen molar-refractivity contribution in [2.75, 3.05) is 5.32 Å². The third-order valence-corrected chi connectivity index (χ3v) is 2.98. The highest BCUT2D eigenvalue weighted by atomic mass is 79.9. The van der Waals surface area contributed by atoms with Crippen molar-refractivity contribution in [3.8, 4) is 0 Å². The van der Waals surface area contributed by atoms with Crippen molar-refractivity contribution in [2.24, 2.45) is 0 Å². The van der Waals surface area contributed by atoms with Crippen LogP contribution < -0.4 is 5.32 Å². The van der Waals surface area contributed by atoms with Crippen LogP contribution in [-0.4, -0.2) is 16.1 Å². The fourth-order valence-electron chi connectivity index (χ4n) is 1.48. The lowest BCUT2D eigenvalue weighted by molar-refractivity contribution is 0.0697. The van der Waals surface area contributed by atoms with Gasteiger partial charge >= 0.3 is 5.97 Å². The summed E-state index contributed by atoms with van der Waals surface area (Å²) in [4.78, 5) is 14.6. The van der Waals surface area contributed by atoms with Gasteiger partial charge in [0.15, 0.2) is 11.6 Å². The van der Waals surface area contributed by atoms with Crippen molar-refractivity contribution in [2.45, 2.75) is 0 Å². The molecule has 0 saturated carbocycles. The van der Waals surface area contributed by atoms with Gasteiger partial charge in [-0.2, -0.15) is 0 Å². The molecule has 2 aromatic rings. The van der Waals surface area contributed by atoms with E-state index in [0.717, 1.165) is 18.3 Å². The lowest BCUT2D eigenvalue weighted by atomic mass is 10.1. The van der Waals surface area contributed by atoms with E-state index in [4.69, 9.17) is 5.11 Å². The minimum absolute atomic E-state index is 0.0431. The van der Waals surface area contributed by atoms with Gasteiger partial charge in [-0.25, -0.2) is 22.9 Å². The summed E-state index contributed by atoms with van der Waals surface area (Å²) in [5.41, 5.74) is -1.06. The molecule has 0 saturated heterocycles. The average molecular weight is 347 g/mol. The van der Waals surface area contributed by atoms with E-state index in [1.54, 1.807) is 0 Å². The average Bonchev–Trinajstić information content (AvgIpc) is 2.37. The van der Waals surface area contributed by atoms with Crippen LogP contribution in [0.25, 0.3) is 0 Å². The predicted molar refractivity (Wildman–Crippen MR) is 68.5 cm³/mol. The highest BCUT2D eigenvalue weighted by molar-refractivity contribution is 9.10. The van der Waals surface area contributed by atoms with Crippen LogP contribution in [0.5, 0.6) is 0 Å². The second kappa shape index (κ2) is 5.49. The first-order valence-corrected chi connectivity index (χ1v) is 5.99. The molecule has 0 amide bonds. The summed E-state index contributed by atoms with van der Waals surface area (Å²) in [5, 5.41) is 11.3. The molecule has 0 unspecified atom stereocenters. The number of aromatic nitrogens is 1. The number of nitrogens with zero attached hydrogens (tertiary/aromatic N) is 1. The van der Waals surface area contributed by atoms with E-state index in [0.29, 0.717) is 6.07 Å². The van der Waals surface area contributed by atoms with Crippen molar-refractivity contribution in [3.63, 3.8) is 0 Å². The number of carboxylic acid groups (broad SMARTS) is 1. The van der Waals surface area contributed by atoms with Crippen molar-refractivity contribution in [3.05, 3.63) is 51.9 Å². The zero-order valence-corrected chi connectivity index (χ0v) is 11.2. The molecule has 2 N–H and O–H groups in total. The number of carbonyl (C=O) groups is 1. The van der Waals surface area contributed by atoms with E-state index in [9.17, 15) is 18.0 Å². The number of carboxylic acids is 1. The molecule has 0 atom stereocenters. The molecule has 4 nitrogen and oxygen atoms in total. The van der Waals surface area contributed by atoms with Crippen molar-refractivity contribution in [1.29, 1.82) is 0 Å². The normalized spacial score (nSPS) is 10.4. The predicted octanol–water partition coefficient (Wildman–Crippen LogP) is 3.70. The Morgan fingerprint density at radius 2 is 2.00 bits per heavy atom. The van der Waals surface area contributed by atoms with Gasteiger partial charge in [0, 0.05) is 0 Å². The molecular formula is C12H6BrF3N2O2. The Kier molecular flexibility index (Phi) is 3.93. The number of rotatable bonds is 3. The minimum atomic E-state index is -1.44. The highest BCUT2D eigenvalue weighted by Gasteiger charge is 2.19. The molecule has 0 aliphatic heterocycles. The van der Waals surface area contributed by atoms with Crippen LogP contribution in [0.3, 0.4) is 0 Å². The molecule has 0 bridgehead atoms. The third-order valence-electron chi connectivity index (χ3n) is 2.38. The van der Waals surface area contributed by atoms with Crippen LogP contribution in [0.4, 0.5) is 24.7 Å². The topological polar surface area (TPSA) is 62.2 Å². The Morgan fingerprint density at radius 1 is 1.30 bits per heavy atom. The lowest BCUT2D eigenvalue weighted by Crippen LogP contribution is -2.07. The number of hydrogen-bond acceptors (Lipinski definition) is 3. The second-order valence-corrected chi connectivity index (χ2v) is 4.55. The number of hydrogen-bond donors (Lipinski definition) is 2. The fraction of sp³-hybridized carbons (Fsp3) is 0. The van der Waals surface area contributed by atoms with E-state index in [-0.39, 0.29) is 10.3 Å². The second-order valence-electron chi connectivity index (χ2n) is 3.70. The molecule has 20 heavy (non-hydrogen) atoms. The number of benzene rings is 1. The van der Waals surface area contributed by atoms with Gasteiger partial charge in [-0.05, 0) is 34.1 Å². The summed E-state index contributed by atoms with van der Waals surface area (Å²) in [6.45, 7) is 0. The third kappa shape index (κ3) is 2.74. The quantitative estimate of drug-likeness (QED) is 0.889. The van der Waals surface area contributed by atoms with Crippen molar-refractivity contribution >= 4 is 33.4 Å². The lowest BCUT2D eigenvalue weighted by Gasteiger charge is -2.11. The summed E-state index contributed by atoms with van der Waals surface area (Å²) in [5.74, 6) is -4.69. The van der Waals surface area contributed by atoms with Gasteiger partial charge in [0.05, 0.1) is 21.9 Å². The van der Waals surface area contributed by atoms with Gasteiger partial charge in [-0.1, -0.05) is 0 Å². The first kappa shape index (κ1) is 14.3. The molecule has 1 aromatic carbocycles. The van der Waals surface area contributed by atoms with Crippen LogP contribution in [-0.2, 0) is 0 Å². The van der Waals surface area contributed by atoms with Crippen LogP contribution in [0.1, 0.15) is 10.4 Å². The van der Waals surface area contributed by atoms with Crippen molar-refractivity contribution < 1.29 is 23.1 Å². The summed E-state index contributed by atoms with van der Waals surface area (Å²) in [7, 11) is 0. The van der Waals surface area contributed by atoms with Gasteiger partial charge in [-0.3, -0.25) is 0 Å². The zero-order chi connectivity index (χ0) is 14.9. The maximum Gasteiger partial charge on any atom is 0.337 e. The molecule has 0 aliphatic rings. The standard InChI is InChI=1S/C12H6BrF3N2O2/c13-7-3-5(14)4-17-11(7)18-10-6(12(19)20)1-2-8(15)9(10)16/h1-4H,(H,17,18)(H,19,20). The molecule has 1 heterocycles. The Bertz CT molecular complexity index is 695. The molecule has 2 rings (SSSR count). The number of nitrogens with one attached hydrogen (secondary N) is 1. The Morgan fingerprint density at radius 3 is 2.60 bits per heavy atom. The van der Waals surface area contributed by atoms with Gasteiger partial charge in [0.1, 0.15) is 11.6 Å². The first-order chi connectivity index (χ1) is 9.40. The largest absolute Gasteiger partial charge is 0.478 e. The van der Waals surface area contributed by atoms with Gasteiger partial charge in [0.25, 0.3) is 0 Å². The maximum absolute atomic E-state index is 13.7. The molecule has 0 aliphatic carbocycles. The van der Waals surface area contributed by atoms with Crippen LogP contribution in [0.15, 0.2) is 28.9 Å². The fourth-order valence-corrected chi connectivity index (χ4v) is 1.90. The summed E-state index contributed by atoms with van der Waals surface area (Å²) in [6.07, 6.45) is 0.852. The van der Waals surface area contributed by atoms with E-state index in [1.807, 2.05) is 0 Å². The number of anilines is 2. The number of halogens is 4. The molecule has 0 fully saturated rings. The Hall–Kier alpha value is -2.09. The van der Waals surface area contributed by atoms with Crippen LogP contribution in [0.2, 0.25) is 0 Å². The molecule has 1 aromatic heterocycles. The highest BCUT2D eigenvalue weighted by Crippen LogP contribution is 2.29. The number of aromatic carboxylic acids is 1. The Balaban J connectivity index is 2.52. The van der Waals surface area contributed by atoms with Gasteiger partial charge < -0.3 is 10.4 Å². The molecule has 0 radical (unpaired) electrons. The minimum Gasteiger partial charge on any atom is -0.478 e. The maximum atomic E-state index is 13.7. The van der Waals surface area contributed by atoms with E-state index < -0.39 is 34.7 Å².